The van der Waals surface area contributed by atoms with Crippen molar-refractivity contribution in [2.24, 2.45) is 0 Å². The Morgan fingerprint density at radius 2 is 1.60 bits per heavy atom. The van der Waals surface area contributed by atoms with E-state index in [2.05, 4.69) is 10.6 Å². The average molecular weight is 352 g/mol. The van der Waals surface area contributed by atoms with Crippen molar-refractivity contribution in [3.05, 3.63) is 35.6 Å². The number of hydrogen-bond donors (Lipinski definition) is 2. The summed E-state index contributed by atoms with van der Waals surface area (Å²) >= 11 is 0. The van der Waals surface area contributed by atoms with Crippen molar-refractivity contribution < 1.29 is 18.8 Å². The minimum atomic E-state index is -0.513. The molecule has 1 aromatic carbocycles. The van der Waals surface area contributed by atoms with Gasteiger partial charge in [-0.15, -0.1) is 0 Å². The number of nitrogens with one attached hydrogen (secondary N) is 2. The van der Waals surface area contributed by atoms with Gasteiger partial charge in [-0.2, -0.15) is 0 Å². The van der Waals surface area contributed by atoms with Crippen molar-refractivity contribution in [2.75, 3.05) is 33.2 Å². The highest BCUT2D eigenvalue weighted by Gasteiger charge is 2.16. The van der Waals surface area contributed by atoms with Gasteiger partial charge in [-0.3, -0.25) is 9.59 Å². The van der Waals surface area contributed by atoms with Crippen LogP contribution in [-0.4, -0.2) is 60.9 Å². The van der Waals surface area contributed by atoms with Gasteiger partial charge in [0.1, 0.15) is 5.82 Å². The quantitative estimate of drug-likeness (QED) is 0.731. The number of carbonyl (C=O) groups is 3. The van der Waals surface area contributed by atoms with Crippen LogP contribution in [0.15, 0.2) is 24.3 Å². The first-order valence-electron chi connectivity index (χ1n) is 8.15. The van der Waals surface area contributed by atoms with Gasteiger partial charge in [0.05, 0.1) is 13.1 Å². The number of halogens is 1. The lowest BCUT2D eigenvalue weighted by Crippen LogP contribution is -2.46. The van der Waals surface area contributed by atoms with Crippen LogP contribution in [0.4, 0.5) is 9.18 Å². The number of rotatable bonds is 8. The molecule has 0 unspecified atom stereocenters. The van der Waals surface area contributed by atoms with Gasteiger partial charge in [-0.1, -0.05) is 12.1 Å². The molecule has 2 N–H and O–H groups in total. The fraction of sp³-hybridized carbons (Fsp3) is 0.471. The average Bonchev–Trinajstić information content (AvgIpc) is 2.60. The monoisotopic (exact) mass is 352 g/mol. The highest BCUT2D eigenvalue weighted by Crippen LogP contribution is 2.01. The minimum Gasteiger partial charge on any atom is -0.342 e. The highest BCUT2D eigenvalue weighted by atomic mass is 19.1. The third-order valence-corrected chi connectivity index (χ3v) is 3.68. The Labute approximate surface area is 147 Å². The molecule has 0 aliphatic carbocycles. The number of urea groups is 1. The van der Waals surface area contributed by atoms with E-state index in [1.54, 1.807) is 17.0 Å². The molecule has 0 aliphatic rings. The van der Waals surface area contributed by atoms with Crippen LogP contribution in [0.5, 0.6) is 0 Å². The molecule has 0 saturated heterocycles. The predicted molar refractivity (Wildman–Crippen MR) is 92.2 cm³/mol. The molecule has 0 heterocycles. The zero-order valence-electron chi connectivity index (χ0n) is 14.8. The minimum absolute atomic E-state index is 0.0284. The molecule has 0 radical (unpaired) electrons. The van der Waals surface area contributed by atoms with Crippen molar-refractivity contribution in [1.82, 2.24) is 20.4 Å². The van der Waals surface area contributed by atoms with Crippen LogP contribution in [0.25, 0.3) is 0 Å². The summed E-state index contributed by atoms with van der Waals surface area (Å²) in [5.41, 5.74) is 0.741. The van der Waals surface area contributed by atoms with Gasteiger partial charge in [0.15, 0.2) is 0 Å². The third-order valence-electron chi connectivity index (χ3n) is 3.68. The number of carbonyl (C=O) groups excluding carboxylic acids is 3. The summed E-state index contributed by atoms with van der Waals surface area (Å²) in [5.74, 6) is -0.847. The predicted octanol–water partition coefficient (Wildman–Crippen LogP) is 0.952. The van der Waals surface area contributed by atoms with Crippen molar-refractivity contribution >= 4 is 17.8 Å². The number of benzene rings is 1. The van der Waals surface area contributed by atoms with Gasteiger partial charge in [-0.05, 0) is 31.5 Å². The topological polar surface area (TPSA) is 81.8 Å². The molecule has 1 rings (SSSR count). The van der Waals surface area contributed by atoms with E-state index >= 15 is 0 Å². The summed E-state index contributed by atoms with van der Waals surface area (Å²) in [6.07, 6.45) is 0. The Balaban J connectivity index is 2.33. The van der Waals surface area contributed by atoms with Gasteiger partial charge < -0.3 is 20.4 Å². The summed E-state index contributed by atoms with van der Waals surface area (Å²) < 4.78 is 12.8. The zero-order valence-corrected chi connectivity index (χ0v) is 14.8. The normalized spacial score (nSPS) is 10.1. The fourth-order valence-corrected chi connectivity index (χ4v) is 2.11. The van der Waals surface area contributed by atoms with E-state index in [-0.39, 0.29) is 37.3 Å². The molecule has 25 heavy (non-hydrogen) atoms. The molecule has 7 nitrogen and oxygen atoms in total. The largest absolute Gasteiger partial charge is 0.342 e. The SMILES string of the molecule is CCN(CC)C(=O)CN(C)C(=O)CNC(=O)NCc1ccc(F)cc1. The molecule has 0 atom stereocenters. The first-order chi connectivity index (χ1) is 11.9. The molecule has 138 valence electrons. The maximum absolute atomic E-state index is 12.8. The van der Waals surface area contributed by atoms with Crippen molar-refractivity contribution in [2.45, 2.75) is 20.4 Å². The molecule has 0 saturated carbocycles. The maximum atomic E-state index is 12.8. The fourth-order valence-electron chi connectivity index (χ4n) is 2.11. The van der Waals surface area contributed by atoms with Crippen LogP contribution in [0.3, 0.4) is 0 Å². The van der Waals surface area contributed by atoms with Crippen molar-refractivity contribution in [3.63, 3.8) is 0 Å². The molecule has 1 aromatic rings. The second kappa shape index (κ2) is 10.3. The Morgan fingerprint density at radius 1 is 1.00 bits per heavy atom. The maximum Gasteiger partial charge on any atom is 0.315 e. The number of likely N-dealkylation sites (N-methyl/N-ethyl adjacent to an activating group) is 2. The van der Waals surface area contributed by atoms with Gasteiger partial charge in [0, 0.05) is 26.7 Å². The zero-order chi connectivity index (χ0) is 18.8. The van der Waals surface area contributed by atoms with Crippen LogP contribution in [0.2, 0.25) is 0 Å². The molecule has 0 aliphatic heterocycles. The first-order valence-corrected chi connectivity index (χ1v) is 8.15. The summed E-state index contributed by atoms with van der Waals surface area (Å²) in [7, 11) is 1.52. The summed E-state index contributed by atoms with van der Waals surface area (Å²) in [4.78, 5) is 38.5. The van der Waals surface area contributed by atoms with E-state index in [0.29, 0.717) is 13.1 Å². The lowest BCUT2D eigenvalue weighted by molar-refractivity contribution is -0.138. The Bertz CT molecular complexity index is 588. The van der Waals surface area contributed by atoms with Crippen LogP contribution >= 0.6 is 0 Å². The van der Waals surface area contributed by atoms with E-state index in [1.807, 2.05) is 13.8 Å². The van der Waals surface area contributed by atoms with Gasteiger partial charge in [0.2, 0.25) is 11.8 Å². The van der Waals surface area contributed by atoms with Gasteiger partial charge >= 0.3 is 6.03 Å². The molecular formula is C17H25FN4O3. The highest BCUT2D eigenvalue weighted by molar-refractivity contribution is 5.87. The van der Waals surface area contributed by atoms with Gasteiger partial charge in [-0.25, -0.2) is 9.18 Å². The third kappa shape index (κ3) is 7.19. The van der Waals surface area contributed by atoms with Gasteiger partial charge in [0.25, 0.3) is 0 Å². The molecule has 0 fully saturated rings. The molecule has 4 amide bonds. The lowest BCUT2D eigenvalue weighted by Gasteiger charge is -2.23. The van der Waals surface area contributed by atoms with Crippen LogP contribution in [0, 0.1) is 5.82 Å². The lowest BCUT2D eigenvalue weighted by atomic mass is 10.2. The number of hydrogen-bond acceptors (Lipinski definition) is 3. The van der Waals surface area contributed by atoms with E-state index in [9.17, 15) is 18.8 Å². The van der Waals surface area contributed by atoms with E-state index in [0.717, 1.165) is 5.56 Å². The summed E-state index contributed by atoms with van der Waals surface area (Å²) in [6, 6.07) is 5.22. The number of nitrogens with zero attached hydrogens (tertiary/aromatic N) is 2. The van der Waals surface area contributed by atoms with E-state index in [4.69, 9.17) is 0 Å². The standard InChI is InChI=1S/C17H25FN4O3/c1-4-22(5-2)16(24)12-21(3)15(23)11-20-17(25)19-10-13-6-8-14(18)9-7-13/h6-9H,4-5,10-12H2,1-3H3,(H2,19,20,25). The second-order valence-corrected chi connectivity index (χ2v) is 5.48. The summed E-state index contributed by atoms with van der Waals surface area (Å²) in [6.45, 7) is 4.89. The second-order valence-electron chi connectivity index (χ2n) is 5.48. The molecule has 0 bridgehead atoms. The Kier molecular flexibility index (Phi) is 8.38. The number of amides is 4. The van der Waals surface area contributed by atoms with E-state index in [1.165, 1.54) is 24.1 Å². The molecule has 0 spiro atoms. The van der Waals surface area contributed by atoms with Crippen LogP contribution in [-0.2, 0) is 16.1 Å². The molecular weight excluding hydrogens is 327 g/mol. The van der Waals surface area contributed by atoms with Crippen molar-refractivity contribution in [1.29, 1.82) is 0 Å². The van der Waals surface area contributed by atoms with E-state index < -0.39 is 6.03 Å². The first kappa shape index (κ1) is 20.4. The Hall–Kier alpha value is -2.64. The van der Waals surface area contributed by atoms with Crippen molar-refractivity contribution in [3.8, 4) is 0 Å². The molecule has 0 aromatic heterocycles. The smallest absolute Gasteiger partial charge is 0.315 e. The van der Waals surface area contributed by atoms with Crippen LogP contribution < -0.4 is 10.6 Å². The summed E-state index contributed by atoms with van der Waals surface area (Å²) in [5, 5.41) is 5.01. The molecule has 8 heteroatoms. The Morgan fingerprint density at radius 3 is 2.16 bits per heavy atom. The van der Waals surface area contributed by atoms with Crippen LogP contribution in [0.1, 0.15) is 19.4 Å².